The van der Waals surface area contributed by atoms with Crippen LogP contribution >= 0.6 is 15.9 Å². The number of halogens is 1. The standard InChI is InChI=1S/C19H22BrN3O3S/c1-15-2-8-18(9-3-15)27(25,26)23-12-10-22(11-13-23)19(24)21-14-16-4-6-17(20)7-5-16/h2-9H,10-14H2,1H3,(H,21,24). The minimum atomic E-state index is -3.52. The van der Waals surface area contributed by atoms with Crippen LogP contribution in [0.1, 0.15) is 11.1 Å². The Bertz CT molecular complexity index is 891. The van der Waals surface area contributed by atoms with E-state index in [1.807, 2.05) is 31.2 Å². The molecule has 1 aliphatic heterocycles. The number of carbonyl (C=O) groups excluding carboxylic acids is 1. The lowest BCUT2D eigenvalue weighted by Crippen LogP contribution is -2.52. The van der Waals surface area contributed by atoms with Crippen LogP contribution in [0.4, 0.5) is 4.79 Å². The summed E-state index contributed by atoms with van der Waals surface area (Å²) >= 11 is 3.38. The van der Waals surface area contributed by atoms with Gasteiger partial charge in [0.15, 0.2) is 0 Å². The van der Waals surface area contributed by atoms with Crippen LogP contribution in [0, 0.1) is 6.92 Å². The van der Waals surface area contributed by atoms with E-state index < -0.39 is 10.0 Å². The van der Waals surface area contributed by atoms with E-state index in [9.17, 15) is 13.2 Å². The highest BCUT2D eigenvalue weighted by molar-refractivity contribution is 9.10. The van der Waals surface area contributed by atoms with E-state index in [1.54, 1.807) is 29.2 Å². The average molecular weight is 452 g/mol. The van der Waals surface area contributed by atoms with E-state index in [4.69, 9.17) is 0 Å². The highest BCUT2D eigenvalue weighted by Gasteiger charge is 2.29. The van der Waals surface area contributed by atoms with Crippen LogP contribution in [0.25, 0.3) is 0 Å². The van der Waals surface area contributed by atoms with E-state index in [0.717, 1.165) is 15.6 Å². The fourth-order valence-corrected chi connectivity index (χ4v) is 4.57. The van der Waals surface area contributed by atoms with Crippen molar-refractivity contribution in [1.29, 1.82) is 0 Å². The van der Waals surface area contributed by atoms with Gasteiger partial charge in [0.25, 0.3) is 0 Å². The molecule has 1 fully saturated rings. The van der Waals surface area contributed by atoms with Gasteiger partial charge in [0.1, 0.15) is 0 Å². The van der Waals surface area contributed by atoms with Gasteiger partial charge < -0.3 is 10.2 Å². The maximum Gasteiger partial charge on any atom is 0.317 e. The molecule has 2 aromatic rings. The van der Waals surface area contributed by atoms with Crippen LogP contribution in [0.3, 0.4) is 0 Å². The third-order valence-electron chi connectivity index (χ3n) is 4.54. The molecule has 8 heteroatoms. The summed E-state index contributed by atoms with van der Waals surface area (Å²) < 4.78 is 27.9. The van der Waals surface area contributed by atoms with Crippen molar-refractivity contribution in [2.45, 2.75) is 18.4 Å². The summed E-state index contributed by atoms with van der Waals surface area (Å²) in [6, 6.07) is 14.4. The van der Waals surface area contributed by atoms with Gasteiger partial charge in [-0.3, -0.25) is 0 Å². The molecule has 0 bridgehead atoms. The summed E-state index contributed by atoms with van der Waals surface area (Å²) in [5, 5.41) is 2.88. The molecule has 1 heterocycles. The van der Waals surface area contributed by atoms with Gasteiger partial charge in [0, 0.05) is 37.2 Å². The first kappa shape index (κ1) is 19.9. The molecule has 2 aromatic carbocycles. The Morgan fingerprint density at radius 1 is 1.00 bits per heavy atom. The quantitative estimate of drug-likeness (QED) is 0.776. The third-order valence-corrected chi connectivity index (χ3v) is 6.98. The van der Waals surface area contributed by atoms with Crippen molar-refractivity contribution >= 4 is 32.0 Å². The Kier molecular flexibility index (Phi) is 6.18. The zero-order chi connectivity index (χ0) is 19.4. The lowest BCUT2D eigenvalue weighted by atomic mass is 10.2. The van der Waals surface area contributed by atoms with Crippen LogP contribution in [0.2, 0.25) is 0 Å². The molecule has 1 aliphatic rings. The summed E-state index contributed by atoms with van der Waals surface area (Å²) in [7, 11) is -3.52. The van der Waals surface area contributed by atoms with Crippen molar-refractivity contribution in [1.82, 2.24) is 14.5 Å². The first-order valence-corrected chi connectivity index (χ1v) is 10.9. The van der Waals surface area contributed by atoms with Gasteiger partial charge in [0.05, 0.1) is 4.90 Å². The monoisotopic (exact) mass is 451 g/mol. The first-order valence-electron chi connectivity index (χ1n) is 8.70. The molecular weight excluding hydrogens is 430 g/mol. The van der Waals surface area contributed by atoms with Crippen LogP contribution < -0.4 is 5.32 Å². The second kappa shape index (κ2) is 8.41. The van der Waals surface area contributed by atoms with Gasteiger partial charge in [-0.2, -0.15) is 4.31 Å². The van der Waals surface area contributed by atoms with Crippen molar-refractivity contribution in [2.24, 2.45) is 0 Å². The van der Waals surface area contributed by atoms with E-state index in [-0.39, 0.29) is 6.03 Å². The topological polar surface area (TPSA) is 69.7 Å². The number of hydrogen-bond donors (Lipinski definition) is 1. The highest BCUT2D eigenvalue weighted by Crippen LogP contribution is 2.18. The Labute approximate surface area is 168 Å². The predicted octanol–water partition coefficient (Wildman–Crippen LogP) is 2.97. The number of sulfonamides is 1. The van der Waals surface area contributed by atoms with Gasteiger partial charge in [-0.15, -0.1) is 0 Å². The van der Waals surface area contributed by atoms with E-state index >= 15 is 0 Å². The number of nitrogens with zero attached hydrogens (tertiary/aromatic N) is 2. The largest absolute Gasteiger partial charge is 0.334 e. The molecule has 144 valence electrons. The molecule has 0 aromatic heterocycles. The molecule has 0 atom stereocenters. The number of carbonyl (C=O) groups is 1. The molecule has 2 amide bonds. The number of hydrogen-bond acceptors (Lipinski definition) is 3. The molecule has 0 radical (unpaired) electrons. The molecule has 0 spiro atoms. The second-order valence-electron chi connectivity index (χ2n) is 6.49. The Morgan fingerprint density at radius 2 is 1.59 bits per heavy atom. The summed E-state index contributed by atoms with van der Waals surface area (Å²) in [5.41, 5.74) is 2.02. The highest BCUT2D eigenvalue weighted by atomic mass is 79.9. The predicted molar refractivity (Wildman–Crippen MR) is 108 cm³/mol. The fraction of sp³-hybridized carbons (Fsp3) is 0.316. The minimum Gasteiger partial charge on any atom is -0.334 e. The van der Waals surface area contributed by atoms with Crippen molar-refractivity contribution < 1.29 is 13.2 Å². The number of piperazine rings is 1. The fourth-order valence-electron chi connectivity index (χ4n) is 2.88. The average Bonchev–Trinajstić information content (AvgIpc) is 2.68. The zero-order valence-electron chi connectivity index (χ0n) is 15.1. The van der Waals surface area contributed by atoms with Crippen LogP contribution in [-0.2, 0) is 16.6 Å². The molecule has 0 unspecified atom stereocenters. The summed E-state index contributed by atoms with van der Waals surface area (Å²) in [6.45, 7) is 3.69. The van der Waals surface area contributed by atoms with Crippen molar-refractivity contribution in [3.8, 4) is 0 Å². The minimum absolute atomic E-state index is 0.176. The van der Waals surface area contributed by atoms with Gasteiger partial charge in [0.2, 0.25) is 10.0 Å². The second-order valence-corrected chi connectivity index (χ2v) is 9.34. The van der Waals surface area contributed by atoms with Gasteiger partial charge in [-0.25, -0.2) is 13.2 Å². The Balaban J connectivity index is 1.54. The summed E-state index contributed by atoms with van der Waals surface area (Å²) in [6.07, 6.45) is 0. The molecule has 0 aliphatic carbocycles. The number of benzene rings is 2. The number of rotatable bonds is 4. The molecule has 3 rings (SSSR count). The molecule has 6 nitrogen and oxygen atoms in total. The molecule has 1 saturated heterocycles. The Morgan fingerprint density at radius 3 is 2.19 bits per heavy atom. The van der Waals surface area contributed by atoms with E-state index in [0.29, 0.717) is 37.6 Å². The number of nitrogens with one attached hydrogen (secondary N) is 1. The van der Waals surface area contributed by atoms with Crippen molar-refractivity contribution in [3.05, 3.63) is 64.1 Å². The number of amides is 2. The lowest BCUT2D eigenvalue weighted by Gasteiger charge is -2.34. The third kappa shape index (κ3) is 4.88. The SMILES string of the molecule is Cc1ccc(S(=O)(=O)N2CCN(C(=O)NCc3ccc(Br)cc3)CC2)cc1. The van der Waals surface area contributed by atoms with Crippen LogP contribution in [0.5, 0.6) is 0 Å². The number of aryl methyl sites for hydroxylation is 1. The molecule has 0 saturated carbocycles. The lowest BCUT2D eigenvalue weighted by molar-refractivity contribution is 0.172. The summed E-state index contributed by atoms with van der Waals surface area (Å²) in [5.74, 6) is 0. The number of urea groups is 1. The zero-order valence-corrected chi connectivity index (χ0v) is 17.5. The van der Waals surface area contributed by atoms with Gasteiger partial charge >= 0.3 is 6.03 Å². The van der Waals surface area contributed by atoms with Crippen LogP contribution in [-0.4, -0.2) is 49.8 Å². The van der Waals surface area contributed by atoms with Crippen molar-refractivity contribution in [3.63, 3.8) is 0 Å². The van der Waals surface area contributed by atoms with E-state index in [2.05, 4.69) is 21.2 Å². The van der Waals surface area contributed by atoms with Crippen molar-refractivity contribution in [2.75, 3.05) is 26.2 Å². The van der Waals surface area contributed by atoms with E-state index in [1.165, 1.54) is 4.31 Å². The smallest absolute Gasteiger partial charge is 0.317 e. The molecule has 27 heavy (non-hydrogen) atoms. The maximum absolute atomic E-state index is 12.7. The maximum atomic E-state index is 12.7. The molecular formula is C19H22BrN3O3S. The Hall–Kier alpha value is -1.90. The van der Waals surface area contributed by atoms with Crippen LogP contribution in [0.15, 0.2) is 57.9 Å². The normalized spacial score (nSPS) is 15.6. The van der Waals surface area contributed by atoms with Gasteiger partial charge in [-0.1, -0.05) is 45.8 Å². The first-order chi connectivity index (χ1) is 12.9. The summed E-state index contributed by atoms with van der Waals surface area (Å²) in [4.78, 5) is 14.3. The van der Waals surface area contributed by atoms with Gasteiger partial charge in [-0.05, 0) is 36.8 Å². The molecule has 1 N–H and O–H groups in total.